The molecule has 0 fully saturated rings. The molecule has 1 aromatic rings. The first-order valence-electron chi connectivity index (χ1n) is 6.35. The second-order valence-corrected chi connectivity index (χ2v) is 4.20. The number of ether oxygens (including phenoxy) is 3. The molecule has 108 valence electrons. The highest BCUT2D eigenvalue weighted by Gasteiger charge is 2.05. The van der Waals surface area contributed by atoms with Crippen LogP contribution in [-0.2, 0) is 0 Å². The van der Waals surface area contributed by atoms with Crippen molar-refractivity contribution in [1.29, 1.82) is 0 Å². The van der Waals surface area contributed by atoms with Gasteiger partial charge in [0.1, 0.15) is 37.1 Å². The Morgan fingerprint density at radius 3 is 1.68 bits per heavy atom. The van der Waals surface area contributed by atoms with E-state index in [1.807, 2.05) is 6.92 Å². The van der Waals surface area contributed by atoms with Crippen molar-refractivity contribution in [3.63, 3.8) is 0 Å². The van der Waals surface area contributed by atoms with E-state index in [0.29, 0.717) is 50.2 Å². The van der Waals surface area contributed by atoms with Crippen LogP contribution in [0.3, 0.4) is 0 Å². The molecule has 0 aliphatic rings. The van der Waals surface area contributed by atoms with Crippen molar-refractivity contribution in [3.8, 4) is 17.2 Å². The summed E-state index contributed by atoms with van der Waals surface area (Å²) in [7, 11) is 0. The summed E-state index contributed by atoms with van der Waals surface area (Å²) in [5.74, 6) is 1.96. The molecule has 0 spiro atoms. The minimum Gasteiger partial charge on any atom is -0.492 e. The Bertz CT molecular complexity index is 346. The van der Waals surface area contributed by atoms with E-state index in [1.165, 1.54) is 0 Å². The Labute approximate surface area is 113 Å². The molecule has 19 heavy (non-hydrogen) atoms. The van der Waals surface area contributed by atoms with Crippen LogP contribution in [0.25, 0.3) is 0 Å². The summed E-state index contributed by atoms with van der Waals surface area (Å²) in [5.41, 5.74) is 16.5. The van der Waals surface area contributed by atoms with Gasteiger partial charge >= 0.3 is 0 Å². The topological polar surface area (TPSA) is 106 Å². The first kappa shape index (κ1) is 15.6. The number of nitrogens with two attached hydrogens (primary N) is 3. The van der Waals surface area contributed by atoms with Crippen LogP contribution in [0.15, 0.2) is 18.2 Å². The third kappa shape index (κ3) is 6.28. The van der Waals surface area contributed by atoms with E-state index in [4.69, 9.17) is 31.4 Å². The van der Waals surface area contributed by atoms with E-state index in [0.717, 1.165) is 0 Å². The minimum atomic E-state index is -0.0398. The van der Waals surface area contributed by atoms with E-state index in [-0.39, 0.29) is 6.04 Å². The smallest absolute Gasteiger partial charge is 0.126 e. The van der Waals surface area contributed by atoms with Crippen LogP contribution in [-0.4, -0.2) is 39.0 Å². The summed E-state index contributed by atoms with van der Waals surface area (Å²) >= 11 is 0. The highest BCUT2D eigenvalue weighted by molar-refractivity contribution is 5.42. The molecule has 0 aromatic heterocycles. The number of rotatable bonds is 9. The maximum atomic E-state index is 5.66. The van der Waals surface area contributed by atoms with Crippen LogP contribution in [0.2, 0.25) is 0 Å². The lowest BCUT2D eigenvalue weighted by Crippen LogP contribution is -2.23. The van der Waals surface area contributed by atoms with Gasteiger partial charge in [-0.05, 0) is 6.92 Å². The van der Waals surface area contributed by atoms with Crippen LogP contribution in [0.1, 0.15) is 6.92 Å². The molecule has 0 heterocycles. The first-order chi connectivity index (χ1) is 9.15. The fourth-order valence-corrected chi connectivity index (χ4v) is 1.38. The normalized spacial score (nSPS) is 12.0. The fourth-order valence-electron chi connectivity index (χ4n) is 1.38. The Kier molecular flexibility index (Phi) is 7.02. The van der Waals surface area contributed by atoms with E-state index < -0.39 is 0 Å². The van der Waals surface area contributed by atoms with Gasteiger partial charge in [0, 0.05) is 37.3 Å². The Balaban J connectivity index is 2.75. The molecule has 0 aliphatic heterocycles. The molecule has 1 unspecified atom stereocenters. The molecule has 6 heteroatoms. The largest absolute Gasteiger partial charge is 0.492 e. The molecule has 0 aliphatic carbocycles. The highest BCUT2D eigenvalue weighted by Crippen LogP contribution is 2.28. The molecule has 0 amide bonds. The second-order valence-electron chi connectivity index (χ2n) is 4.20. The monoisotopic (exact) mass is 269 g/mol. The second kappa shape index (κ2) is 8.58. The lowest BCUT2D eigenvalue weighted by atomic mass is 10.3. The molecule has 0 saturated carbocycles. The van der Waals surface area contributed by atoms with Crippen molar-refractivity contribution in [2.24, 2.45) is 17.2 Å². The lowest BCUT2D eigenvalue weighted by Gasteiger charge is -2.13. The van der Waals surface area contributed by atoms with Gasteiger partial charge in [-0.15, -0.1) is 0 Å². The summed E-state index contributed by atoms with van der Waals surface area (Å²) in [5, 5.41) is 0. The zero-order valence-corrected chi connectivity index (χ0v) is 11.3. The summed E-state index contributed by atoms with van der Waals surface area (Å²) in [4.78, 5) is 0. The van der Waals surface area contributed by atoms with Gasteiger partial charge in [-0.2, -0.15) is 0 Å². The predicted octanol–water partition coefficient (Wildman–Crippen LogP) is 0.0876. The van der Waals surface area contributed by atoms with Crippen molar-refractivity contribution < 1.29 is 14.2 Å². The quantitative estimate of drug-likeness (QED) is 0.586. The van der Waals surface area contributed by atoms with Crippen molar-refractivity contribution in [1.82, 2.24) is 0 Å². The van der Waals surface area contributed by atoms with Crippen molar-refractivity contribution >= 4 is 0 Å². The molecule has 6 nitrogen and oxygen atoms in total. The zero-order valence-electron chi connectivity index (χ0n) is 11.3. The van der Waals surface area contributed by atoms with E-state index in [2.05, 4.69) is 0 Å². The van der Waals surface area contributed by atoms with Gasteiger partial charge in [0.25, 0.3) is 0 Å². The van der Waals surface area contributed by atoms with Gasteiger partial charge in [0.05, 0.1) is 0 Å². The van der Waals surface area contributed by atoms with Gasteiger partial charge in [0.15, 0.2) is 0 Å². The zero-order chi connectivity index (χ0) is 14.1. The summed E-state index contributed by atoms with van der Waals surface area (Å²) in [6, 6.07) is 5.31. The molecule has 0 bridgehead atoms. The lowest BCUT2D eigenvalue weighted by molar-refractivity contribution is 0.282. The van der Waals surface area contributed by atoms with E-state index in [1.54, 1.807) is 18.2 Å². The van der Waals surface area contributed by atoms with Gasteiger partial charge in [-0.25, -0.2) is 0 Å². The Hall–Kier alpha value is -1.50. The third-order valence-corrected chi connectivity index (χ3v) is 2.14. The van der Waals surface area contributed by atoms with E-state index >= 15 is 0 Å². The molecular formula is C13H23N3O3. The summed E-state index contributed by atoms with van der Waals surface area (Å²) < 4.78 is 16.5. The molecule has 0 saturated heterocycles. The Morgan fingerprint density at radius 1 is 0.895 bits per heavy atom. The first-order valence-corrected chi connectivity index (χ1v) is 6.35. The molecular weight excluding hydrogens is 246 g/mol. The molecule has 1 rings (SSSR count). The number of benzene rings is 1. The molecule has 0 radical (unpaired) electrons. The van der Waals surface area contributed by atoms with Crippen molar-refractivity contribution in [2.75, 3.05) is 32.9 Å². The van der Waals surface area contributed by atoms with Crippen molar-refractivity contribution in [2.45, 2.75) is 13.0 Å². The average Bonchev–Trinajstić information content (AvgIpc) is 2.40. The van der Waals surface area contributed by atoms with Crippen LogP contribution in [0.4, 0.5) is 0 Å². The van der Waals surface area contributed by atoms with Crippen LogP contribution >= 0.6 is 0 Å². The van der Waals surface area contributed by atoms with Crippen LogP contribution < -0.4 is 31.4 Å². The van der Waals surface area contributed by atoms with Gasteiger partial charge in [0.2, 0.25) is 0 Å². The molecule has 1 atom stereocenters. The highest BCUT2D eigenvalue weighted by atomic mass is 16.5. The number of hydrogen-bond donors (Lipinski definition) is 3. The van der Waals surface area contributed by atoms with Gasteiger partial charge in [-0.1, -0.05) is 0 Å². The third-order valence-electron chi connectivity index (χ3n) is 2.14. The Morgan fingerprint density at radius 2 is 1.32 bits per heavy atom. The maximum Gasteiger partial charge on any atom is 0.126 e. The SMILES string of the molecule is CC(N)COc1cc(OCCN)cc(OCCN)c1. The van der Waals surface area contributed by atoms with Gasteiger partial charge < -0.3 is 31.4 Å². The summed E-state index contributed by atoms with van der Waals surface area (Å²) in [6.07, 6.45) is 0. The predicted molar refractivity (Wildman–Crippen MR) is 74.7 cm³/mol. The average molecular weight is 269 g/mol. The summed E-state index contributed by atoms with van der Waals surface area (Å²) in [6.45, 7) is 4.07. The van der Waals surface area contributed by atoms with Gasteiger partial charge in [-0.3, -0.25) is 0 Å². The fraction of sp³-hybridized carbons (Fsp3) is 0.538. The van der Waals surface area contributed by atoms with Crippen LogP contribution in [0.5, 0.6) is 17.2 Å². The molecule has 6 N–H and O–H groups in total. The van der Waals surface area contributed by atoms with E-state index in [9.17, 15) is 0 Å². The minimum absolute atomic E-state index is 0.0398. The van der Waals surface area contributed by atoms with Crippen LogP contribution in [0, 0.1) is 0 Å². The standard InChI is InChI=1S/C13H23N3O3/c1-10(16)9-19-13-7-11(17-4-2-14)6-12(8-13)18-5-3-15/h6-8,10H,2-5,9,14-16H2,1H3. The van der Waals surface area contributed by atoms with Crippen molar-refractivity contribution in [3.05, 3.63) is 18.2 Å². The maximum absolute atomic E-state index is 5.66. The molecule has 1 aromatic carbocycles. The number of hydrogen-bond acceptors (Lipinski definition) is 6.